The molecule has 2 aromatic rings. The molecule has 2 unspecified atom stereocenters. The molecule has 0 radical (unpaired) electrons. The summed E-state index contributed by atoms with van der Waals surface area (Å²) in [5.41, 5.74) is -0.237. The van der Waals surface area contributed by atoms with E-state index in [0.29, 0.717) is 15.5 Å². The van der Waals surface area contributed by atoms with E-state index in [0.717, 1.165) is 10.1 Å². The topological polar surface area (TPSA) is 96.4 Å². The van der Waals surface area contributed by atoms with E-state index in [-0.39, 0.29) is 13.2 Å². The fourth-order valence-corrected chi connectivity index (χ4v) is 4.83. The Balaban J connectivity index is 0.00000176. The van der Waals surface area contributed by atoms with Crippen molar-refractivity contribution in [3.05, 3.63) is 34.7 Å². The lowest BCUT2D eigenvalue weighted by atomic mass is 9.93. The minimum absolute atomic E-state index is 0.103. The fourth-order valence-electron chi connectivity index (χ4n) is 3.52. The Kier molecular flexibility index (Phi) is 8.25. The van der Waals surface area contributed by atoms with Crippen molar-refractivity contribution in [1.82, 2.24) is 9.96 Å². The zero-order chi connectivity index (χ0) is 24.2. The molecule has 0 saturated carbocycles. The second-order valence-electron chi connectivity index (χ2n) is 8.04. The number of amides is 2. The second-order valence-corrected chi connectivity index (χ2v) is 9.13. The smallest absolute Gasteiger partial charge is 0.411 e. The Bertz CT molecular complexity index is 981. The minimum Gasteiger partial charge on any atom is -0.464 e. The van der Waals surface area contributed by atoms with E-state index in [1.807, 2.05) is 38.1 Å². The maximum absolute atomic E-state index is 13.1. The highest BCUT2D eigenvalue weighted by atomic mass is 32.1. The number of fused-ring (bicyclic) bond motifs is 3. The van der Waals surface area contributed by atoms with Gasteiger partial charge in [-0.2, -0.15) is 0 Å². The monoisotopic (exact) mass is 464 g/mol. The molecular weight excluding hydrogens is 432 g/mol. The standard InChI is InChI=1S/C21H26N2O6S.C2H6/c1-6-28-19(25)17-16-13-9-7-8-10-15(13)30-18(16)14(23(27)12(2)24)11-22(17)20(26)29-21(3,4)5;1-2/h7-10,14,17,27H,6,11H2,1-5H3;1-2H3. The highest BCUT2D eigenvalue weighted by Crippen LogP contribution is 2.47. The van der Waals surface area contributed by atoms with Gasteiger partial charge in [0.2, 0.25) is 5.91 Å². The quantitative estimate of drug-likeness (QED) is 0.387. The fraction of sp³-hybridized carbons (Fsp3) is 0.522. The molecule has 3 rings (SSSR count). The van der Waals surface area contributed by atoms with Gasteiger partial charge in [0.05, 0.1) is 13.2 Å². The van der Waals surface area contributed by atoms with Crippen molar-refractivity contribution >= 4 is 39.4 Å². The van der Waals surface area contributed by atoms with Crippen molar-refractivity contribution in [3.63, 3.8) is 0 Å². The van der Waals surface area contributed by atoms with E-state index in [4.69, 9.17) is 9.47 Å². The molecule has 2 amide bonds. The first-order valence-corrected chi connectivity index (χ1v) is 11.5. The van der Waals surface area contributed by atoms with Crippen molar-refractivity contribution in [2.24, 2.45) is 0 Å². The Morgan fingerprint density at radius 2 is 1.84 bits per heavy atom. The summed E-state index contributed by atoms with van der Waals surface area (Å²) in [5.74, 6) is -1.15. The van der Waals surface area contributed by atoms with Gasteiger partial charge in [-0.3, -0.25) is 14.9 Å². The van der Waals surface area contributed by atoms with E-state index in [1.54, 1.807) is 27.7 Å². The van der Waals surface area contributed by atoms with Crippen LogP contribution in [0.25, 0.3) is 10.1 Å². The lowest BCUT2D eigenvalue weighted by Gasteiger charge is -2.40. The molecule has 8 nitrogen and oxygen atoms in total. The average Bonchev–Trinajstić information content (AvgIpc) is 3.11. The molecule has 0 spiro atoms. The van der Waals surface area contributed by atoms with Crippen molar-refractivity contribution in [3.8, 4) is 0 Å². The van der Waals surface area contributed by atoms with Crippen LogP contribution in [0, 0.1) is 0 Å². The van der Waals surface area contributed by atoms with Crippen LogP contribution >= 0.6 is 11.3 Å². The Morgan fingerprint density at radius 3 is 2.41 bits per heavy atom. The lowest BCUT2D eigenvalue weighted by Crippen LogP contribution is -2.50. The number of carbonyl (C=O) groups excluding carboxylic acids is 3. The number of hydroxylamine groups is 2. The van der Waals surface area contributed by atoms with Crippen LogP contribution in [-0.4, -0.2) is 51.9 Å². The van der Waals surface area contributed by atoms with Crippen LogP contribution in [0.1, 0.15) is 71.0 Å². The number of rotatable bonds is 3. The van der Waals surface area contributed by atoms with Crippen LogP contribution < -0.4 is 0 Å². The molecular formula is C23H32N2O6S. The van der Waals surface area contributed by atoms with Crippen LogP contribution in [-0.2, 0) is 19.1 Å². The SMILES string of the molecule is CC.CCOC(=O)C1c2c(sc3ccccc23)C(N(O)C(C)=O)CN1C(=O)OC(C)(C)C. The zero-order valence-corrected chi connectivity index (χ0v) is 20.5. The van der Waals surface area contributed by atoms with Crippen LogP contribution in [0.2, 0.25) is 0 Å². The molecule has 1 N–H and O–H groups in total. The molecule has 0 fully saturated rings. The number of hydrogen-bond acceptors (Lipinski definition) is 7. The van der Waals surface area contributed by atoms with Crippen molar-refractivity contribution in [2.75, 3.05) is 13.2 Å². The van der Waals surface area contributed by atoms with E-state index in [9.17, 15) is 19.6 Å². The third kappa shape index (κ3) is 5.21. The van der Waals surface area contributed by atoms with Gasteiger partial charge in [-0.15, -0.1) is 11.3 Å². The third-order valence-corrected chi connectivity index (χ3v) is 5.96. The Morgan fingerprint density at radius 1 is 1.22 bits per heavy atom. The maximum atomic E-state index is 13.1. The van der Waals surface area contributed by atoms with Gasteiger partial charge >= 0.3 is 12.1 Å². The summed E-state index contributed by atoms with van der Waals surface area (Å²) in [6.45, 7) is 12.2. The van der Waals surface area contributed by atoms with Gasteiger partial charge < -0.3 is 9.47 Å². The molecule has 1 aromatic carbocycles. The van der Waals surface area contributed by atoms with E-state index >= 15 is 0 Å². The Labute approximate surface area is 192 Å². The molecule has 1 aliphatic heterocycles. The van der Waals surface area contributed by atoms with Gasteiger partial charge in [0.15, 0.2) is 6.04 Å². The van der Waals surface area contributed by atoms with Crippen molar-refractivity contribution in [2.45, 2.75) is 66.2 Å². The largest absolute Gasteiger partial charge is 0.464 e. The first-order chi connectivity index (χ1) is 15.0. The first kappa shape index (κ1) is 25.6. The number of ether oxygens (including phenoxy) is 2. The van der Waals surface area contributed by atoms with E-state index < -0.39 is 35.7 Å². The molecule has 2 heterocycles. The predicted molar refractivity (Wildman–Crippen MR) is 123 cm³/mol. The zero-order valence-electron chi connectivity index (χ0n) is 19.7. The van der Waals surface area contributed by atoms with Gasteiger partial charge in [-0.1, -0.05) is 32.0 Å². The average molecular weight is 465 g/mol. The molecule has 32 heavy (non-hydrogen) atoms. The highest BCUT2D eigenvalue weighted by Gasteiger charge is 2.46. The van der Waals surface area contributed by atoms with Crippen LogP contribution in [0.4, 0.5) is 4.79 Å². The van der Waals surface area contributed by atoms with Gasteiger partial charge in [0.25, 0.3) is 0 Å². The van der Waals surface area contributed by atoms with Crippen molar-refractivity contribution in [1.29, 1.82) is 0 Å². The summed E-state index contributed by atoms with van der Waals surface area (Å²) in [4.78, 5) is 39.9. The van der Waals surface area contributed by atoms with E-state index in [1.165, 1.54) is 23.2 Å². The van der Waals surface area contributed by atoms with Crippen molar-refractivity contribution < 1.29 is 29.1 Å². The molecule has 176 valence electrons. The summed E-state index contributed by atoms with van der Waals surface area (Å²) in [6.07, 6.45) is -0.719. The summed E-state index contributed by atoms with van der Waals surface area (Å²) in [7, 11) is 0. The summed E-state index contributed by atoms with van der Waals surface area (Å²) in [5, 5.41) is 11.9. The van der Waals surface area contributed by atoms with Crippen LogP contribution in [0.3, 0.4) is 0 Å². The van der Waals surface area contributed by atoms with E-state index in [2.05, 4.69) is 0 Å². The van der Waals surface area contributed by atoms with Crippen LogP contribution in [0.5, 0.6) is 0 Å². The molecule has 1 aliphatic rings. The molecule has 9 heteroatoms. The number of esters is 1. The molecule has 0 saturated heterocycles. The minimum atomic E-state index is -1.04. The summed E-state index contributed by atoms with van der Waals surface area (Å²) in [6, 6.07) is 5.58. The maximum Gasteiger partial charge on any atom is 0.411 e. The second kappa shape index (κ2) is 10.3. The number of carbonyl (C=O) groups is 3. The lowest BCUT2D eigenvalue weighted by molar-refractivity contribution is -0.178. The molecule has 2 atom stereocenters. The number of hydrogen-bond donors (Lipinski definition) is 1. The van der Waals surface area contributed by atoms with Gasteiger partial charge in [-0.25, -0.2) is 14.7 Å². The molecule has 1 aromatic heterocycles. The molecule has 0 aliphatic carbocycles. The first-order valence-electron chi connectivity index (χ1n) is 10.7. The highest BCUT2D eigenvalue weighted by molar-refractivity contribution is 7.19. The number of nitrogens with zero attached hydrogens (tertiary/aromatic N) is 2. The Hall–Kier alpha value is -2.65. The summed E-state index contributed by atoms with van der Waals surface area (Å²) < 4.78 is 11.7. The number of benzene rings is 1. The van der Waals surface area contributed by atoms with Gasteiger partial charge in [0.1, 0.15) is 11.6 Å². The van der Waals surface area contributed by atoms with Crippen LogP contribution in [0.15, 0.2) is 24.3 Å². The summed E-state index contributed by atoms with van der Waals surface area (Å²) >= 11 is 1.38. The predicted octanol–water partition coefficient (Wildman–Crippen LogP) is 5.06. The normalized spacial score (nSPS) is 17.7. The number of thiophene rings is 1. The van der Waals surface area contributed by atoms with Gasteiger partial charge in [0, 0.05) is 22.1 Å². The van der Waals surface area contributed by atoms with Gasteiger partial charge in [-0.05, 0) is 39.1 Å². The molecule has 0 bridgehead atoms. The third-order valence-electron chi connectivity index (χ3n) is 4.68.